The largest absolute Gasteiger partial charge is 0.491 e. The summed E-state index contributed by atoms with van der Waals surface area (Å²) in [5.74, 6) is 0.00392. The summed E-state index contributed by atoms with van der Waals surface area (Å²) in [4.78, 5) is 22.0. The van der Waals surface area contributed by atoms with Gasteiger partial charge in [0.25, 0.3) is 0 Å². The SMILES string of the molecule is CC(=O)OC[C@@H](O)COc1ccc(C(C)(C)c2cc(Cl)c(OC[C@@H](CCl)OC(C)=O)c(Cl)c2)cc1. The fourth-order valence-electron chi connectivity index (χ4n) is 3.17. The van der Waals surface area contributed by atoms with Crippen LogP contribution in [-0.2, 0) is 24.5 Å². The average Bonchev–Trinajstić information content (AvgIpc) is 2.79. The topological polar surface area (TPSA) is 91.3 Å². The zero-order valence-corrected chi connectivity index (χ0v) is 22.2. The Morgan fingerprint density at radius 3 is 2.03 bits per heavy atom. The number of aliphatic hydroxyl groups excluding tert-OH is 1. The van der Waals surface area contributed by atoms with E-state index in [1.807, 2.05) is 26.0 Å². The van der Waals surface area contributed by atoms with Crippen LogP contribution in [0.1, 0.15) is 38.8 Å². The molecule has 0 aromatic heterocycles. The molecule has 1 N–H and O–H groups in total. The van der Waals surface area contributed by atoms with Gasteiger partial charge in [0.2, 0.25) is 0 Å². The van der Waals surface area contributed by atoms with Crippen LogP contribution in [0, 0.1) is 0 Å². The fraction of sp³-hybridized carbons (Fsp3) is 0.440. The molecule has 0 radical (unpaired) electrons. The number of hydrogen-bond donors (Lipinski definition) is 1. The summed E-state index contributed by atoms with van der Waals surface area (Å²) in [6, 6.07) is 10.9. The lowest BCUT2D eigenvalue weighted by Gasteiger charge is -2.27. The number of carbonyl (C=O) groups is 2. The third-order valence-corrected chi connectivity index (χ3v) is 6.04. The predicted molar refractivity (Wildman–Crippen MR) is 135 cm³/mol. The first-order valence-corrected chi connectivity index (χ1v) is 12.1. The molecule has 2 aromatic rings. The molecule has 0 aliphatic heterocycles. The van der Waals surface area contributed by atoms with Crippen LogP contribution in [0.15, 0.2) is 36.4 Å². The minimum atomic E-state index is -0.922. The zero-order chi connectivity index (χ0) is 26.2. The maximum atomic E-state index is 11.2. The Bertz CT molecular complexity index is 986. The number of hydrogen-bond acceptors (Lipinski definition) is 7. The molecule has 2 rings (SSSR count). The van der Waals surface area contributed by atoms with Gasteiger partial charge in [0.15, 0.2) is 5.75 Å². The molecule has 192 valence electrons. The van der Waals surface area contributed by atoms with Crippen molar-refractivity contribution in [1.29, 1.82) is 0 Å². The van der Waals surface area contributed by atoms with Gasteiger partial charge in [0.05, 0.1) is 15.9 Å². The predicted octanol–water partition coefficient (Wildman–Crippen LogP) is 5.17. The van der Waals surface area contributed by atoms with Gasteiger partial charge in [-0.15, -0.1) is 11.6 Å². The minimum Gasteiger partial charge on any atom is -0.491 e. The molecule has 0 fully saturated rings. The highest BCUT2D eigenvalue weighted by atomic mass is 35.5. The number of ether oxygens (including phenoxy) is 4. The van der Waals surface area contributed by atoms with E-state index in [4.69, 9.17) is 53.8 Å². The van der Waals surface area contributed by atoms with Gasteiger partial charge in [-0.05, 0) is 35.4 Å². The molecule has 0 bridgehead atoms. The van der Waals surface area contributed by atoms with Crippen molar-refractivity contribution in [3.8, 4) is 11.5 Å². The smallest absolute Gasteiger partial charge is 0.303 e. The Kier molecular flexibility index (Phi) is 11.0. The van der Waals surface area contributed by atoms with E-state index in [-0.39, 0.29) is 31.5 Å². The second-order valence-electron chi connectivity index (χ2n) is 8.38. The lowest BCUT2D eigenvalue weighted by molar-refractivity contribution is -0.146. The van der Waals surface area contributed by atoms with Crippen LogP contribution in [0.2, 0.25) is 10.0 Å². The van der Waals surface area contributed by atoms with Gasteiger partial charge in [0.1, 0.15) is 37.8 Å². The number of halogens is 3. The highest BCUT2D eigenvalue weighted by Gasteiger charge is 2.26. The van der Waals surface area contributed by atoms with Crippen molar-refractivity contribution >= 4 is 46.7 Å². The summed E-state index contributed by atoms with van der Waals surface area (Å²) in [7, 11) is 0. The molecule has 0 saturated carbocycles. The van der Waals surface area contributed by atoms with Gasteiger partial charge in [-0.25, -0.2) is 0 Å². The van der Waals surface area contributed by atoms with E-state index in [2.05, 4.69) is 0 Å². The number of esters is 2. The third kappa shape index (κ3) is 8.76. The summed E-state index contributed by atoms with van der Waals surface area (Å²) in [6.07, 6.45) is -1.55. The minimum absolute atomic E-state index is 0.00920. The van der Waals surface area contributed by atoms with Crippen molar-refractivity contribution in [3.05, 3.63) is 57.6 Å². The van der Waals surface area contributed by atoms with Gasteiger partial charge in [-0.3, -0.25) is 9.59 Å². The molecule has 7 nitrogen and oxygen atoms in total. The van der Waals surface area contributed by atoms with E-state index >= 15 is 0 Å². The molecule has 0 saturated heterocycles. The fourth-order valence-corrected chi connectivity index (χ4v) is 3.92. The number of carbonyl (C=O) groups excluding carboxylic acids is 2. The summed E-state index contributed by atoms with van der Waals surface area (Å²) < 4.78 is 21.1. The molecule has 2 atom stereocenters. The van der Waals surface area contributed by atoms with Crippen molar-refractivity contribution < 1.29 is 33.6 Å². The Morgan fingerprint density at radius 2 is 1.51 bits per heavy atom. The number of aliphatic hydroxyl groups is 1. The standard InChI is InChI=1S/C25H29Cl3O7/c1-15(29)32-12-19(31)13-33-20-7-5-17(6-8-20)25(3,4)18-9-22(27)24(23(28)10-18)34-14-21(11-26)35-16(2)30/h5-10,19,21,31H,11-14H2,1-4H3/t19-,21-/m1/s1. The Balaban J connectivity index is 2.09. The molecule has 0 amide bonds. The van der Waals surface area contributed by atoms with Gasteiger partial charge in [0, 0.05) is 19.3 Å². The number of alkyl halides is 1. The molecular formula is C25H29Cl3O7. The molecule has 35 heavy (non-hydrogen) atoms. The van der Waals surface area contributed by atoms with E-state index in [0.717, 1.165) is 11.1 Å². The molecule has 0 aliphatic rings. The average molecular weight is 548 g/mol. The molecule has 0 spiro atoms. The monoisotopic (exact) mass is 546 g/mol. The normalized spacial score (nSPS) is 13.0. The molecule has 0 unspecified atom stereocenters. The van der Waals surface area contributed by atoms with Crippen LogP contribution < -0.4 is 9.47 Å². The van der Waals surface area contributed by atoms with E-state index in [9.17, 15) is 14.7 Å². The van der Waals surface area contributed by atoms with E-state index in [0.29, 0.717) is 15.8 Å². The molecule has 0 heterocycles. The van der Waals surface area contributed by atoms with Crippen molar-refractivity contribution in [2.75, 3.05) is 25.7 Å². The summed E-state index contributed by atoms with van der Waals surface area (Å²) >= 11 is 18.8. The van der Waals surface area contributed by atoms with Crippen molar-refractivity contribution in [1.82, 2.24) is 0 Å². The highest BCUT2D eigenvalue weighted by molar-refractivity contribution is 6.37. The molecule has 2 aromatic carbocycles. The van der Waals surface area contributed by atoms with Gasteiger partial charge in [-0.1, -0.05) is 49.2 Å². The van der Waals surface area contributed by atoms with Crippen molar-refractivity contribution in [3.63, 3.8) is 0 Å². The van der Waals surface area contributed by atoms with Crippen LogP contribution in [-0.4, -0.2) is 55.0 Å². The van der Waals surface area contributed by atoms with Crippen LogP contribution in [0.4, 0.5) is 0 Å². The second-order valence-corrected chi connectivity index (χ2v) is 9.51. The first kappa shape index (κ1) is 29.0. The van der Waals surface area contributed by atoms with Crippen molar-refractivity contribution in [2.24, 2.45) is 0 Å². The molecule has 0 aliphatic carbocycles. The van der Waals surface area contributed by atoms with Gasteiger partial charge in [-0.2, -0.15) is 0 Å². The number of rotatable bonds is 12. The summed E-state index contributed by atoms with van der Waals surface area (Å²) in [6.45, 7) is 6.50. The first-order valence-electron chi connectivity index (χ1n) is 10.8. The lowest BCUT2D eigenvalue weighted by Crippen LogP contribution is -2.26. The summed E-state index contributed by atoms with van der Waals surface area (Å²) in [5.41, 5.74) is 1.37. The second kappa shape index (κ2) is 13.2. The first-order chi connectivity index (χ1) is 16.4. The van der Waals surface area contributed by atoms with E-state index in [1.54, 1.807) is 24.3 Å². The Labute approximate surface area is 220 Å². The Hall–Kier alpha value is -2.19. The quantitative estimate of drug-likeness (QED) is 0.289. The molecular weight excluding hydrogens is 519 g/mol. The van der Waals surface area contributed by atoms with Crippen LogP contribution in [0.25, 0.3) is 0 Å². The summed E-state index contributed by atoms with van der Waals surface area (Å²) in [5, 5.41) is 10.5. The van der Waals surface area contributed by atoms with Gasteiger partial charge < -0.3 is 24.1 Å². The lowest BCUT2D eigenvalue weighted by atomic mass is 9.78. The highest BCUT2D eigenvalue weighted by Crippen LogP contribution is 2.40. The number of benzene rings is 2. The van der Waals surface area contributed by atoms with Crippen molar-refractivity contribution in [2.45, 2.75) is 45.3 Å². The van der Waals surface area contributed by atoms with Crippen LogP contribution >= 0.6 is 34.8 Å². The Morgan fingerprint density at radius 1 is 0.914 bits per heavy atom. The van der Waals surface area contributed by atoms with Crippen LogP contribution in [0.5, 0.6) is 11.5 Å². The van der Waals surface area contributed by atoms with E-state index < -0.39 is 29.6 Å². The van der Waals surface area contributed by atoms with Gasteiger partial charge >= 0.3 is 11.9 Å². The maximum absolute atomic E-state index is 11.2. The zero-order valence-electron chi connectivity index (χ0n) is 20.0. The van der Waals surface area contributed by atoms with Crippen LogP contribution in [0.3, 0.4) is 0 Å². The maximum Gasteiger partial charge on any atom is 0.303 e. The molecule has 10 heteroatoms. The third-order valence-electron chi connectivity index (χ3n) is 5.14. The van der Waals surface area contributed by atoms with E-state index in [1.165, 1.54) is 13.8 Å².